The maximum absolute atomic E-state index is 2.52. The molecule has 39 heavy (non-hydrogen) atoms. The minimum absolute atomic E-state index is 0.0650. The second kappa shape index (κ2) is 9.23. The van der Waals surface area contributed by atoms with Gasteiger partial charge in [-0.05, 0) is 67.4 Å². The lowest BCUT2D eigenvalue weighted by molar-refractivity contribution is 0.514. The Morgan fingerprint density at radius 1 is 0.641 bits per heavy atom. The molecule has 6 rings (SSSR count). The average molecular weight is 509 g/mol. The first kappa shape index (κ1) is 25.6. The van der Waals surface area contributed by atoms with Crippen LogP contribution in [0.25, 0.3) is 5.57 Å². The lowest BCUT2D eigenvalue weighted by Gasteiger charge is -2.40. The minimum atomic E-state index is -0.421. The molecule has 1 unspecified atom stereocenters. The topological polar surface area (TPSA) is 0 Å². The van der Waals surface area contributed by atoms with Gasteiger partial charge in [-0.15, -0.1) is 0 Å². The zero-order valence-corrected chi connectivity index (χ0v) is 24.3. The number of hydrogen-bond acceptors (Lipinski definition) is 0. The van der Waals surface area contributed by atoms with E-state index in [9.17, 15) is 0 Å². The highest BCUT2D eigenvalue weighted by Crippen LogP contribution is 2.59. The lowest BCUT2D eigenvalue weighted by atomic mass is 9.62. The van der Waals surface area contributed by atoms with Crippen LogP contribution in [-0.2, 0) is 10.8 Å². The van der Waals surface area contributed by atoms with Crippen LogP contribution in [-0.4, -0.2) is 0 Å². The molecule has 0 nitrogen and oxygen atoms in total. The van der Waals surface area contributed by atoms with Gasteiger partial charge in [-0.2, -0.15) is 0 Å². The van der Waals surface area contributed by atoms with E-state index in [0.29, 0.717) is 0 Å². The van der Waals surface area contributed by atoms with Crippen LogP contribution in [0.5, 0.6) is 0 Å². The molecule has 3 aromatic rings. The number of allylic oxidation sites excluding steroid dienone is 10. The second-order valence-corrected chi connectivity index (χ2v) is 13.3. The monoisotopic (exact) mass is 508 g/mol. The van der Waals surface area contributed by atoms with Crippen LogP contribution in [0, 0.1) is 5.41 Å². The van der Waals surface area contributed by atoms with Crippen LogP contribution in [0.3, 0.4) is 0 Å². The van der Waals surface area contributed by atoms with Crippen molar-refractivity contribution in [2.75, 3.05) is 0 Å². The van der Waals surface area contributed by atoms with E-state index in [1.54, 1.807) is 0 Å². The molecule has 0 saturated carbocycles. The van der Waals surface area contributed by atoms with Crippen molar-refractivity contribution in [3.63, 3.8) is 0 Å². The Bertz CT molecular complexity index is 1510. The third-order valence-electron chi connectivity index (χ3n) is 8.79. The molecule has 0 fully saturated rings. The summed E-state index contributed by atoms with van der Waals surface area (Å²) in [7, 11) is 0. The Morgan fingerprint density at radius 2 is 1.28 bits per heavy atom. The first-order chi connectivity index (χ1) is 18.6. The normalized spacial score (nSPS) is 18.7. The number of benzene rings is 3. The fourth-order valence-electron chi connectivity index (χ4n) is 6.70. The molecular formula is C39H40. The van der Waals surface area contributed by atoms with Gasteiger partial charge < -0.3 is 0 Å². The van der Waals surface area contributed by atoms with Crippen LogP contribution in [0.4, 0.5) is 0 Å². The van der Waals surface area contributed by atoms with Crippen molar-refractivity contribution >= 4 is 5.57 Å². The summed E-state index contributed by atoms with van der Waals surface area (Å²) in [4.78, 5) is 0. The zero-order chi connectivity index (χ0) is 27.4. The van der Waals surface area contributed by atoms with Gasteiger partial charge in [0.1, 0.15) is 0 Å². The molecule has 0 aromatic heterocycles. The summed E-state index contributed by atoms with van der Waals surface area (Å²) in [6, 6.07) is 29.7. The molecule has 0 radical (unpaired) electrons. The summed E-state index contributed by atoms with van der Waals surface area (Å²) in [5, 5.41) is 0. The fourth-order valence-corrected chi connectivity index (χ4v) is 6.70. The summed E-state index contributed by atoms with van der Waals surface area (Å²) in [5.74, 6) is 0.257. The zero-order valence-electron chi connectivity index (χ0n) is 24.3. The van der Waals surface area contributed by atoms with E-state index in [4.69, 9.17) is 0 Å². The Kier molecular flexibility index (Phi) is 6.07. The van der Waals surface area contributed by atoms with E-state index in [-0.39, 0.29) is 16.7 Å². The highest BCUT2D eigenvalue weighted by molar-refractivity contribution is 5.94. The van der Waals surface area contributed by atoms with Gasteiger partial charge in [0.15, 0.2) is 0 Å². The molecule has 3 aliphatic rings. The van der Waals surface area contributed by atoms with Gasteiger partial charge in [0.2, 0.25) is 0 Å². The molecule has 1 atom stereocenters. The largest absolute Gasteiger partial charge is 0.0804 e. The minimum Gasteiger partial charge on any atom is -0.0804 e. The Morgan fingerprint density at radius 3 is 1.82 bits per heavy atom. The third-order valence-corrected chi connectivity index (χ3v) is 8.79. The molecule has 3 aliphatic carbocycles. The smallest absolute Gasteiger partial charge is 0.0707 e. The highest BCUT2D eigenvalue weighted by atomic mass is 14.5. The van der Waals surface area contributed by atoms with Gasteiger partial charge in [0, 0.05) is 5.92 Å². The molecule has 0 N–H and O–H groups in total. The molecule has 0 amide bonds. The van der Waals surface area contributed by atoms with E-state index >= 15 is 0 Å². The Hall–Kier alpha value is -3.64. The first-order valence-corrected chi connectivity index (χ1v) is 14.4. The van der Waals surface area contributed by atoms with Crippen LogP contribution in [0.15, 0.2) is 132 Å². The van der Waals surface area contributed by atoms with Gasteiger partial charge in [-0.25, -0.2) is 0 Å². The number of rotatable bonds is 4. The molecule has 0 aliphatic heterocycles. The SMILES string of the molecule is CC(C)(C)C1=CC2=C(C(C3=CCC=C3)(c3ccccc3)c3ccccc3)c3cc(C(C)(C)C)ccc3C2C=C1. The summed E-state index contributed by atoms with van der Waals surface area (Å²) >= 11 is 0. The van der Waals surface area contributed by atoms with Crippen molar-refractivity contribution in [1.82, 2.24) is 0 Å². The van der Waals surface area contributed by atoms with Crippen LogP contribution in [0.1, 0.15) is 81.7 Å². The lowest BCUT2D eigenvalue weighted by Crippen LogP contribution is -2.32. The molecule has 0 bridgehead atoms. The van der Waals surface area contributed by atoms with Crippen molar-refractivity contribution in [2.45, 2.75) is 64.7 Å². The van der Waals surface area contributed by atoms with Crippen molar-refractivity contribution in [3.8, 4) is 0 Å². The Balaban J connectivity index is 1.80. The molecule has 196 valence electrons. The molecule has 0 saturated heterocycles. The van der Waals surface area contributed by atoms with E-state index in [0.717, 1.165) is 6.42 Å². The third kappa shape index (κ3) is 4.13. The van der Waals surface area contributed by atoms with Gasteiger partial charge >= 0.3 is 0 Å². The molecule has 0 heteroatoms. The first-order valence-electron chi connectivity index (χ1n) is 14.4. The van der Waals surface area contributed by atoms with Crippen LogP contribution >= 0.6 is 0 Å². The van der Waals surface area contributed by atoms with E-state index in [1.807, 2.05) is 0 Å². The van der Waals surface area contributed by atoms with Crippen molar-refractivity contribution in [1.29, 1.82) is 0 Å². The van der Waals surface area contributed by atoms with E-state index < -0.39 is 5.41 Å². The van der Waals surface area contributed by atoms with Gasteiger partial charge in [-0.3, -0.25) is 0 Å². The van der Waals surface area contributed by atoms with Crippen LogP contribution < -0.4 is 0 Å². The van der Waals surface area contributed by atoms with Gasteiger partial charge in [0.05, 0.1) is 5.41 Å². The van der Waals surface area contributed by atoms with E-state index in [2.05, 4.69) is 157 Å². The molecule has 3 aromatic carbocycles. The standard InChI is InChI=1S/C39H40/c1-37(2,3)30-21-23-32-33-24-22-31(38(4,5)6)26-35(33)36(34(32)25-30)39(29-19-13-14-20-29,27-15-9-7-10-16-27)28-17-11-8-12-18-28/h7-13,15-26,32H,14H2,1-6H3. The number of hydrogen-bond donors (Lipinski definition) is 0. The Labute approximate surface area is 235 Å². The number of fused-ring (bicyclic) bond motifs is 3. The predicted octanol–water partition coefficient (Wildman–Crippen LogP) is 10.2. The fraction of sp³-hybridized carbons (Fsp3) is 0.282. The van der Waals surface area contributed by atoms with Crippen LogP contribution in [0.2, 0.25) is 0 Å². The van der Waals surface area contributed by atoms with Crippen molar-refractivity contribution < 1.29 is 0 Å². The maximum Gasteiger partial charge on any atom is 0.0707 e. The highest BCUT2D eigenvalue weighted by Gasteiger charge is 2.48. The molecule has 0 spiro atoms. The summed E-state index contributed by atoms with van der Waals surface area (Å²) in [5.41, 5.74) is 12.2. The predicted molar refractivity (Wildman–Crippen MR) is 167 cm³/mol. The van der Waals surface area contributed by atoms with Gasteiger partial charge in [-0.1, -0.05) is 157 Å². The molecular weight excluding hydrogens is 468 g/mol. The summed E-state index contributed by atoms with van der Waals surface area (Å²) in [6.45, 7) is 14.0. The summed E-state index contributed by atoms with van der Waals surface area (Å²) in [6.07, 6.45) is 15.5. The molecule has 0 heterocycles. The van der Waals surface area contributed by atoms with E-state index in [1.165, 1.54) is 50.1 Å². The second-order valence-electron chi connectivity index (χ2n) is 13.3. The maximum atomic E-state index is 2.52. The average Bonchev–Trinajstić information content (AvgIpc) is 3.57. The quantitative estimate of drug-likeness (QED) is 0.329. The van der Waals surface area contributed by atoms with Crippen molar-refractivity contribution in [3.05, 3.63) is 160 Å². The summed E-state index contributed by atoms with van der Waals surface area (Å²) < 4.78 is 0. The van der Waals surface area contributed by atoms with Gasteiger partial charge in [0.25, 0.3) is 0 Å². The van der Waals surface area contributed by atoms with Crippen molar-refractivity contribution in [2.24, 2.45) is 5.41 Å².